The second-order valence-corrected chi connectivity index (χ2v) is 15.3. The molecule has 0 saturated carbocycles. The maximum atomic E-state index is 5.41. The van der Waals surface area contributed by atoms with Crippen molar-refractivity contribution in [2.75, 3.05) is 0 Å². The molecule has 252 valence electrons. The Morgan fingerprint density at radius 3 is 2.09 bits per heavy atom. The summed E-state index contributed by atoms with van der Waals surface area (Å²) >= 11 is 0. The van der Waals surface area contributed by atoms with Crippen molar-refractivity contribution in [2.45, 2.75) is 38.5 Å². The number of hydrogen-bond donors (Lipinski definition) is 0. The van der Waals surface area contributed by atoms with Gasteiger partial charge < -0.3 is 0 Å². The molecule has 9 aromatic rings. The van der Waals surface area contributed by atoms with Crippen molar-refractivity contribution in [1.82, 2.24) is 19.5 Å². The summed E-state index contributed by atoms with van der Waals surface area (Å²) in [4.78, 5) is 16.1. The molecule has 4 heteroatoms. The Morgan fingerprint density at radius 1 is 0.547 bits per heavy atom. The highest BCUT2D eigenvalue weighted by atomic mass is 15.2. The molecule has 2 heterocycles. The van der Waals surface area contributed by atoms with E-state index in [9.17, 15) is 0 Å². The molecule has 0 bridgehead atoms. The van der Waals surface area contributed by atoms with Crippen molar-refractivity contribution < 1.29 is 0 Å². The Bertz CT molecular complexity index is 3030. The Balaban J connectivity index is 1.21. The third kappa shape index (κ3) is 4.33. The predicted octanol–water partition coefficient (Wildman–Crippen LogP) is 12.2. The predicted molar refractivity (Wildman–Crippen MR) is 219 cm³/mol. The van der Waals surface area contributed by atoms with Crippen LogP contribution in [0.2, 0.25) is 0 Å². The molecule has 0 radical (unpaired) electrons. The van der Waals surface area contributed by atoms with Crippen LogP contribution in [0, 0.1) is 0 Å². The van der Waals surface area contributed by atoms with E-state index < -0.39 is 0 Å². The van der Waals surface area contributed by atoms with Crippen LogP contribution in [0.15, 0.2) is 146 Å². The van der Waals surface area contributed by atoms with Crippen LogP contribution < -0.4 is 0 Å². The molecule has 1 unspecified atom stereocenters. The first-order chi connectivity index (χ1) is 26.0. The highest BCUT2D eigenvalue weighted by Gasteiger charge is 2.38. The van der Waals surface area contributed by atoms with Crippen LogP contribution in [0.1, 0.15) is 61.2 Å². The number of rotatable bonds is 3. The van der Waals surface area contributed by atoms with Crippen molar-refractivity contribution >= 4 is 48.9 Å². The van der Waals surface area contributed by atoms with Gasteiger partial charge in [0, 0.05) is 27.3 Å². The summed E-state index contributed by atoms with van der Waals surface area (Å²) in [6.45, 7) is 7.04. The van der Waals surface area contributed by atoms with E-state index in [1.54, 1.807) is 0 Å². The molecule has 2 aliphatic carbocycles. The van der Waals surface area contributed by atoms with Gasteiger partial charge in [-0.3, -0.25) is 4.57 Å². The molecule has 1 atom stereocenters. The fourth-order valence-corrected chi connectivity index (χ4v) is 9.32. The normalized spacial score (nSPS) is 15.8. The van der Waals surface area contributed by atoms with Gasteiger partial charge in [-0.15, -0.1) is 0 Å². The zero-order valence-electron chi connectivity index (χ0n) is 29.9. The maximum Gasteiger partial charge on any atom is 0.238 e. The minimum atomic E-state index is -0.202. The van der Waals surface area contributed by atoms with Gasteiger partial charge in [0.2, 0.25) is 5.95 Å². The fraction of sp³-hybridized carbons (Fsp3) is 0.122. The topological polar surface area (TPSA) is 43.6 Å². The number of fused-ring (bicyclic) bond motifs is 10. The summed E-state index contributed by atoms with van der Waals surface area (Å²) in [6, 6.07) is 50.5. The van der Waals surface area contributed by atoms with Crippen molar-refractivity contribution in [3.63, 3.8) is 0 Å². The monoisotopic (exact) mass is 680 g/mol. The van der Waals surface area contributed by atoms with Gasteiger partial charge in [0.15, 0.2) is 11.6 Å². The Kier molecular flexibility index (Phi) is 6.31. The van der Waals surface area contributed by atoms with Crippen LogP contribution in [0.25, 0.3) is 77.4 Å². The molecule has 0 N–H and O–H groups in total. The SMILES string of the molecule is CC1CC=C(c2nc(-c3cccc4ccccc34)nc(-n3c4ccccc4c4cc5c(cc43)C(C)(C)c3c-5ccc4ccccc34)n2)c2ccccc21. The highest BCUT2D eigenvalue weighted by molar-refractivity contribution is 6.12. The number of aromatic nitrogens is 4. The van der Waals surface area contributed by atoms with E-state index in [4.69, 9.17) is 15.0 Å². The summed E-state index contributed by atoms with van der Waals surface area (Å²) in [5.74, 6) is 2.42. The largest absolute Gasteiger partial charge is 0.278 e. The second kappa shape index (κ2) is 11.1. The number of nitrogens with zero attached hydrogens (tertiary/aromatic N) is 4. The standard InChI is InChI=1S/C49H36N4/c1-29-23-25-39(35-19-9-8-16-32(29)35)47-50-46(38-21-12-15-30-13-4-6-17-33(30)38)51-48(52-47)53-43-22-11-10-20-36(43)41-27-40-37-26-24-31-14-5-7-18-34(31)45(37)49(2,3)42(40)28-44(41)53/h4-22,24-29H,23H2,1-3H3. The lowest BCUT2D eigenvalue weighted by Crippen LogP contribution is -2.16. The van der Waals surface area contributed by atoms with Gasteiger partial charge in [0.1, 0.15) is 0 Å². The van der Waals surface area contributed by atoms with E-state index in [1.807, 2.05) is 0 Å². The third-order valence-corrected chi connectivity index (χ3v) is 11.9. The van der Waals surface area contributed by atoms with Gasteiger partial charge in [-0.05, 0) is 85.5 Å². The summed E-state index contributed by atoms with van der Waals surface area (Å²) in [7, 11) is 0. The lowest BCUT2D eigenvalue weighted by Gasteiger charge is -2.23. The number of para-hydroxylation sites is 1. The third-order valence-electron chi connectivity index (χ3n) is 11.9. The van der Waals surface area contributed by atoms with E-state index >= 15 is 0 Å². The van der Waals surface area contributed by atoms with Crippen molar-refractivity contribution in [3.8, 4) is 28.5 Å². The molecule has 4 nitrogen and oxygen atoms in total. The van der Waals surface area contributed by atoms with Gasteiger partial charge in [0.25, 0.3) is 0 Å². The second-order valence-electron chi connectivity index (χ2n) is 15.3. The fourth-order valence-electron chi connectivity index (χ4n) is 9.32. The molecule has 0 aliphatic heterocycles. The Hall–Kier alpha value is -6.39. The van der Waals surface area contributed by atoms with E-state index in [0.717, 1.165) is 39.4 Å². The van der Waals surface area contributed by atoms with Gasteiger partial charge >= 0.3 is 0 Å². The van der Waals surface area contributed by atoms with Crippen LogP contribution >= 0.6 is 0 Å². The molecule has 0 spiro atoms. The first-order valence-electron chi connectivity index (χ1n) is 18.6. The average Bonchev–Trinajstić information content (AvgIpc) is 3.64. The molecule has 2 aliphatic rings. The molecule has 0 saturated heterocycles. The molecule has 0 amide bonds. The zero-order chi connectivity index (χ0) is 35.4. The highest BCUT2D eigenvalue weighted by Crippen LogP contribution is 2.53. The van der Waals surface area contributed by atoms with Gasteiger partial charge in [-0.25, -0.2) is 4.98 Å². The minimum Gasteiger partial charge on any atom is -0.278 e. The van der Waals surface area contributed by atoms with Crippen molar-refractivity contribution in [3.05, 3.63) is 174 Å². The molecule has 0 fully saturated rings. The first kappa shape index (κ1) is 30.3. The van der Waals surface area contributed by atoms with Gasteiger partial charge in [0.05, 0.1) is 11.0 Å². The molecule has 2 aromatic heterocycles. The smallest absolute Gasteiger partial charge is 0.238 e. The van der Waals surface area contributed by atoms with Crippen molar-refractivity contribution in [1.29, 1.82) is 0 Å². The summed E-state index contributed by atoms with van der Waals surface area (Å²) in [6.07, 6.45) is 3.25. The first-order valence-corrected chi connectivity index (χ1v) is 18.6. The van der Waals surface area contributed by atoms with Crippen LogP contribution in [-0.4, -0.2) is 19.5 Å². The summed E-state index contributed by atoms with van der Waals surface area (Å²) in [5, 5.41) is 7.25. The summed E-state index contributed by atoms with van der Waals surface area (Å²) in [5.41, 5.74) is 11.9. The molecule has 11 rings (SSSR count). The number of hydrogen-bond acceptors (Lipinski definition) is 3. The van der Waals surface area contributed by atoms with Crippen LogP contribution in [0.4, 0.5) is 0 Å². The van der Waals surface area contributed by atoms with E-state index in [-0.39, 0.29) is 5.41 Å². The van der Waals surface area contributed by atoms with Crippen LogP contribution in [-0.2, 0) is 5.41 Å². The van der Waals surface area contributed by atoms with Crippen molar-refractivity contribution in [2.24, 2.45) is 0 Å². The number of allylic oxidation sites excluding steroid dienone is 1. The average molecular weight is 681 g/mol. The quantitative estimate of drug-likeness (QED) is 0.187. The number of benzene rings is 7. The summed E-state index contributed by atoms with van der Waals surface area (Å²) < 4.78 is 2.28. The van der Waals surface area contributed by atoms with E-state index in [2.05, 4.69) is 171 Å². The lowest BCUT2D eigenvalue weighted by molar-refractivity contribution is 0.666. The van der Waals surface area contributed by atoms with Crippen LogP contribution in [0.5, 0.6) is 0 Å². The molecule has 53 heavy (non-hydrogen) atoms. The van der Waals surface area contributed by atoms with E-state index in [1.165, 1.54) is 54.9 Å². The molecule has 7 aromatic carbocycles. The Labute approximate surface area is 308 Å². The Morgan fingerprint density at radius 2 is 1.23 bits per heavy atom. The molecular weight excluding hydrogens is 645 g/mol. The minimum absolute atomic E-state index is 0.202. The van der Waals surface area contributed by atoms with Gasteiger partial charge in [-0.2, -0.15) is 9.97 Å². The lowest BCUT2D eigenvalue weighted by atomic mass is 9.80. The van der Waals surface area contributed by atoms with Crippen LogP contribution in [0.3, 0.4) is 0 Å². The zero-order valence-corrected chi connectivity index (χ0v) is 29.9. The molecular formula is C49H36N4. The van der Waals surface area contributed by atoms with E-state index in [0.29, 0.717) is 23.5 Å². The van der Waals surface area contributed by atoms with Gasteiger partial charge in [-0.1, -0.05) is 148 Å². The maximum absolute atomic E-state index is 5.41.